The number of nitrogens with zero attached hydrogens (tertiary/aromatic N) is 1. The molecule has 0 atom stereocenters. The van der Waals surface area contributed by atoms with Crippen LogP contribution in [0.5, 0.6) is 0 Å². The molecule has 0 aliphatic heterocycles. The molecule has 3 aromatic heterocycles. The minimum atomic E-state index is -0.488. The number of rotatable bonds is 2. The van der Waals surface area contributed by atoms with E-state index in [4.69, 9.17) is 24.9 Å². The zero-order valence-electron chi connectivity index (χ0n) is 13.7. The summed E-state index contributed by atoms with van der Waals surface area (Å²) in [5, 5.41) is 1.16. The number of alkyl halides is 1. The third kappa shape index (κ3) is 2.53. The lowest BCUT2D eigenvalue weighted by atomic mass is 10.1. The molecule has 0 fully saturated rings. The molecule has 0 saturated heterocycles. The molecule has 6 nitrogen and oxygen atoms in total. The van der Waals surface area contributed by atoms with Gasteiger partial charge in [0.15, 0.2) is 16.8 Å². The molecule has 0 saturated carbocycles. The average Bonchev–Trinajstić information content (AvgIpc) is 3.08. The van der Waals surface area contributed by atoms with Crippen LogP contribution in [0.4, 0.5) is 0 Å². The molecular formula is C20H10ClNO5. The molecule has 27 heavy (non-hydrogen) atoms. The van der Waals surface area contributed by atoms with Crippen LogP contribution in [-0.2, 0) is 5.88 Å². The topological polar surface area (TPSA) is 86.5 Å². The zero-order valence-corrected chi connectivity index (χ0v) is 14.4. The Morgan fingerprint density at radius 1 is 0.852 bits per heavy atom. The molecule has 0 spiro atoms. The number of hydrogen-bond acceptors (Lipinski definition) is 6. The van der Waals surface area contributed by atoms with Gasteiger partial charge in [0.25, 0.3) is 5.89 Å². The molecule has 0 amide bonds. The molecular weight excluding hydrogens is 370 g/mol. The van der Waals surface area contributed by atoms with Crippen LogP contribution in [-0.4, -0.2) is 4.98 Å². The van der Waals surface area contributed by atoms with Gasteiger partial charge in [-0.2, -0.15) is 0 Å². The fraction of sp³-hybridized carbons (Fsp3) is 0.0500. The van der Waals surface area contributed by atoms with E-state index in [1.54, 1.807) is 36.4 Å². The molecule has 2 aromatic carbocycles. The molecule has 0 unspecified atom stereocenters. The molecule has 0 radical (unpaired) electrons. The van der Waals surface area contributed by atoms with Crippen molar-refractivity contribution in [1.82, 2.24) is 4.98 Å². The van der Waals surface area contributed by atoms with Crippen LogP contribution < -0.4 is 11.1 Å². The maximum absolute atomic E-state index is 12.3. The first-order chi connectivity index (χ1) is 13.1. The predicted octanol–water partition coefficient (Wildman–Crippen LogP) is 4.45. The van der Waals surface area contributed by atoms with E-state index in [0.29, 0.717) is 38.6 Å². The summed E-state index contributed by atoms with van der Waals surface area (Å²) >= 11 is 5.93. The fourth-order valence-corrected chi connectivity index (χ4v) is 3.29. The number of fused-ring (bicyclic) bond motifs is 3. The van der Waals surface area contributed by atoms with Crippen molar-refractivity contribution >= 4 is 44.6 Å². The van der Waals surface area contributed by atoms with Gasteiger partial charge in [-0.1, -0.05) is 12.1 Å². The summed E-state index contributed by atoms with van der Waals surface area (Å²) < 4.78 is 16.7. The van der Waals surface area contributed by atoms with E-state index in [1.165, 1.54) is 12.1 Å². The second-order valence-corrected chi connectivity index (χ2v) is 6.30. The maximum atomic E-state index is 12.3. The predicted molar refractivity (Wildman–Crippen MR) is 101 cm³/mol. The van der Waals surface area contributed by atoms with Crippen molar-refractivity contribution < 1.29 is 13.3 Å². The van der Waals surface area contributed by atoms with Gasteiger partial charge in [-0.15, -0.1) is 11.6 Å². The molecule has 0 bridgehead atoms. The van der Waals surface area contributed by atoms with Gasteiger partial charge in [0.2, 0.25) is 0 Å². The highest BCUT2D eigenvalue weighted by Crippen LogP contribution is 2.29. The van der Waals surface area contributed by atoms with Crippen LogP contribution in [0.15, 0.2) is 71.4 Å². The number of para-hydroxylation sites is 1. The van der Waals surface area contributed by atoms with Gasteiger partial charge in [-0.05, 0) is 23.8 Å². The second-order valence-electron chi connectivity index (χ2n) is 6.03. The fourth-order valence-electron chi connectivity index (χ4n) is 3.07. The lowest BCUT2D eigenvalue weighted by Gasteiger charge is -2.00. The number of benzene rings is 2. The summed E-state index contributed by atoms with van der Waals surface area (Å²) in [4.78, 5) is 28.4. The van der Waals surface area contributed by atoms with Crippen molar-refractivity contribution in [1.29, 1.82) is 0 Å². The Bertz CT molecular complexity index is 1460. The first-order valence-electron chi connectivity index (χ1n) is 8.09. The molecule has 132 valence electrons. The van der Waals surface area contributed by atoms with Crippen molar-refractivity contribution in [3.63, 3.8) is 0 Å². The molecule has 0 aliphatic carbocycles. The number of oxazole rings is 1. The van der Waals surface area contributed by atoms with Crippen molar-refractivity contribution in [2.24, 2.45) is 0 Å². The minimum absolute atomic E-state index is 0.165. The van der Waals surface area contributed by atoms with Gasteiger partial charge in [-0.25, -0.2) is 9.78 Å². The van der Waals surface area contributed by atoms with Crippen molar-refractivity contribution in [2.75, 3.05) is 0 Å². The van der Waals surface area contributed by atoms with E-state index < -0.39 is 5.63 Å². The quantitative estimate of drug-likeness (QED) is 0.333. The standard InChI is InChI=1S/C20H10ClNO5/c21-9-10-5-19(24)26-16-8-17-13(6-12(10)16)22-20(27-17)18-7-14(23)11-3-1-2-4-15(11)25-18/h1-8H,9H2. The Kier molecular flexibility index (Phi) is 3.42. The van der Waals surface area contributed by atoms with Crippen molar-refractivity contribution in [3.8, 4) is 11.7 Å². The molecule has 5 rings (SSSR count). The summed E-state index contributed by atoms with van der Waals surface area (Å²) in [6.07, 6.45) is 0. The van der Waals surface area contributed by atoms with E-state index in [2.05, 4.69) is 4.98 Å². The Labute approximate surface area is 155 Å². The van der Waals surface area contributed by atoms with E-state index in [0.717, 1.165) is 0 Å². The summed E-state index contributed by atoms with van der Waals surface area (Å²) in [6, 6.07) is 13.0. The van der Waals surface area contributed by atoms with Crippen LogP contribution >= 0.6 is 11.6 Å². The van der Waals surface area contributed by atoms with Crippen LogP contribution in [0, 0.1) is 0 Å². The summed E-state index contributed by atoms with van der Waals surface area (Å²) in [6.45, 7) is 0. The van der Waals surface area contributed by atoms with Crippen molar-refractivity contribution in [2.45, 2.75) is 5.88 Å². The van der Waals surface area contributed by atoms with E-state index in [1.807, 2.05) is 0 Å². The number of halogens is 1. The highest BCUT2D eigenvalue weighted by atomic mass is 35.5. The Hall–Kier alpha value is -3.38. The van der Waals surface area contributed by atoms with Crippen LogP contribution in [0.25, 0.3) is 44.7 Å². The van der Waals surface area contributed by atoms with Gasteiger partial charge < -0.3 is 13.3 Å². The average molecular weight is 380 g/mol. The first kappa shape index (κ1) is 15.8. The highest BCUT2D eigenvalue weighted by Gasteiger charge is 2.15. The van der Waals surface area contributed by atoms with E-state index in [9.17, 15) is 9.59 Å². The second kappa shape index (κ2) is 5.82. The highest BCUT2D eigenvalue weighted by molar-refractivity contribution is 6.18. The third-order valence-corrected chi connectivity index (χ3v) is 4.62. The molecule has 0 N–H and O–H groups in total. The summed E-state index contributed by atoms with van der Waals surface area (Å²) in [5.74, 6) is 0.550. The lowest BCUT2D eigenvalue weighted by Crippen LogP contribution is -1.99. The van der Waals surface area contributed by atoms with Crippen LogP contribution in [0.2, 0.25) is 0 Å². The Morgan fingerprint density at radius 3 is 2.56 bits per heavy atom. The van der Waals surface area contributed by atoms with Crippen LogP contribution in [0.1, 0.15) is 5.56 Å². The largest absolute Gasteiger partial charge is 0.451 e. The van der Waals surface area contributed by atoms with Gasteiger partial charge in [0.05, 0.1) is 5.39 Å². The molecule has 5 aromatic rings. The summed E-state index contributed by atoms with van der Waals surface area (Å²) in [7, 11) is 0. The SMILES string of the molecule is O=c1cc(CCl)c2cc3nc(-c4cc(=O)c5ccccc5o4)oc3cc2o1. The minimum Gasteiger partial charge on any atom is -0.451 e. The van der Waals surface area contributed by atoms with Gasteiger partial charge in [0, 0.05) is 29.5 Å². The first-order valence-corrected chi connectivity index (χ1v) is 8.62. The third-order valence-electron chi connectivity index (χ3n) is 4.33. The van der Waals surface area contributed by atoms with Gasteiger partial charge in [0.1, 0.15) is 16.7 Å². The van der Waals surface area contributed by atoms with Crippen molar-refractivity contribution in [3.05, 3.63) is 74.7 Å². The number of aromatic nitrogens is 1. The Balaban J connectivity index is 1.76. The van der Waals surface area contributed by atoms with E-state index >= 15 is 0 Å². The monoisotopic (exact) mass is 379 g/mol. The molecule has 0 aliphatic rings. The lowest BCUT2D eigenvalue weighted by molar-refractivity contribution is 0.548. The number of hydrogen-bond donors (Lipinski definition) is 0. The van der Waals surface area contributed by atoms with Gasteiger partial charge >= 0.3 is 5.63 Å². The smallest absolute Gasteiger partial charge is 0.336 e. The Morgan fingerprint density at radius 2 is 1.70 bits per heavy atom. The summed E-state index contributed by atoms with van der Waals surface area (Å²) in [5.41, 5.74) is 1.71. The van der Waals surface area contributed by atoms with Gasteiger partial charge in [-0.3, -0.25) is 4.79 Å². The maximum Gasteiger partial charge on any atom is 0.336 e. The normalized spacial score (nSPS) is 11.6. The molecule has 7 heteroatoms. The van der Waals surface area contributed by atoms with Crippen LogP contribution in [0.3, 0.4) is 0 Å². The molecule has 3 heterocycles. The zero-order chi connectivity index (χ0) is 18.5. The van der Waals surface area contributed by atoms with E-state index in [-0.39, 0.29) is 23.0 Å².